The average Bonchev–Trinajstić information content (AvgIpc) is 2.69. The van der Waals surface area contributed by atoms with Gasteiger partial charge in [-0.2, -0.15) is 11.8 Å². The number of non-ortho nitro benzene ring substituents is 1. The Hall–Kier alpha value is -1.30. The Labute approximate surface area is 96.4 Å². The number of halogens is 1. The summed E-state index contributed by atoms with van der Waals surface area (Å²) in [6, 6.07) is 3.86. The van der Waals surface area contributed by atoms with E-state index in [0.717, 1.165) is 24.0 Å². The van der Waals surface area contributed by atoms with E-state index in [2.05, 4.69) is 5.32 Å². The number of nitro groups is 1. The van der Waals surface area contributed by atoms with Crippen LogP contribution in [0, 0.1) is 15.9 Å². The van der Waals surface area contributed by atoms with E-state index in [0.29, 0.717) is 5.69 Å². The van der Waals surface area contributed by atoms with E-state index in [-0.39, 0.29) is 11.7 Å². The topological polar surface area (TPSA) is 55.2 Å². The van der Waals surface area contributed by atoms with E-state index in [1.165, 1.54) is 12.1 Å². The van der Waals surface area contributed by atoms with E-state index >= 15 is 0 Å². The zero-order valence-electron chi connectivity index (χ0n) is 8.48. The maximum atomic E-state index is 13.1. The van der Waals surface area contributed by atoms with Crippen LogP contribution in [0.25, 0.3) is 0 Å². The Kier molecular flexibility index (Phi) is 3.28. The van der Waals surface area contributed by atoms with Crippen LogP contribution >= 0.6 is 11.8 Å². The summed E-state index contributed by atoms with van der Waals surface area (Å²) in [5.41, 5.74) is 0.271. The van der Waals surface area contributed by atoms with E-state index in [9.17, 15) is 14.5 Å². The van der Waals surface area contributed by atoms with Crippen molar-refractivity contribution in [2.45, 2.75) is 12.5 Å². The Morgan fingerprint density at radius 3 is 2.94 bits per heavy atom. The van der Waals surface area contributed by atoms with Crippen molar-refractivity contribution >= 4 is 23.1 Å². The Balaban J connectivity index is 2.16. The van der Waals surface area contributed by atoms with Gasteiger partial charge < -0.3 is 5.32 Å². The highest BCUT2D eigenvalue weighted by Crippen LogP contribution is 2.24. The first-order chi connectivity index (χ1) is 7.65. The third-order valence-corrected chi connectivity index (χ3v) is 3.56. The molecule has 0 aliphatic carbocycles. The molecule has 1 aromatic carbocycles. The van der Waals surface area contributed by atoms with Crippen molar-refractivity contribution in [3.05, 3.63) is 34.1 Å². The number of hydrogen-bond acceptors (Lipinski definition) is 4. The highest BCUT2D eigenvalue weighted by atomic mass is 32.2. The standard InChI is InChI=1S/C10H11FN2O2S/c11-7-3-9(5-10(4-7)13(14)15)12-8-1-2-16-6-8/h3-5,8,12H,1-2,6H2. The number of rotatable bonds is 3. The number of hydrogen-bond donors (Lipinski definition) is 1. The summed E-state index contributed by atoms with van der Waals surface area (Å²) in [7, 11) is 0. The van der Waals surface area contributed by atoms with Gasteiger partial charge in [0.1, 0.15) is 5.82 Å². The Bertz CT molecular complexity index is 408. The van der Waals surface area contributed by atoms with Crippen LogP contribution in [-0.2, 0) is 0 Å². The molecule has 1 aromatic rings. The summed E-state index contributed by atoms with van der Waals surface area (Å²) < 4.78 is 13.1. The van der Waals surface area contributed by atoms with Crippen molar-refractivity contribution in [3.63, 3.8) is 0 Å². The zero-order valence-corrected chi connectivity index (χ0v) is 9.30. The summed E-state index contributed by atoms with van der Waals surface area (Å²) in [5.74, 6) is 1.46. The van der Waals surface area contributed by atoms with Crippen LogP contribution in [0.2, 0.25) is 0 Å². The second-order valence-electron chi connectivity index (χ2n) is 3.66. The lowest BCUT2D eigenvalue weighted by Crippen LogP contribution is -2.18. The lowest BCUT2D eigenvalue weighted by Gasteiger charge is -2.12. The second kappa shape index (κ2) is 4.69. The molecule has 1 N–H and O–H groups in total. The number of thioether (sulfide) groups is 1. The molecule has 1 atom stereocenters. The van der Waals surface area contributed by atoms with E-state index in [4.69, 9.17) is 0 Å². The summed E-state index contributed by atoms with van der Waals surface area (Å²) in [4.78, 5) is 9.96. The maximum absolute atomic E-state index is 13.1. The molecule has 1 aliphatic heterocycles. The molecule has 0 amide bonds. The van der Waals surface area contributed by atoms with E-state index in [1.54, 1.807) is 0 Å². The fourth-order valence-electron chi connectivity index (χ4n) is 1.65. The molecule has 1 heterocycles. The fourth-order valence-corrected chi connectivity index (χ4v) is 2.80. The number of nitrogens with one attached hydrogen (secondary N) is 1. The van der Waals surface area contributed by atoms with Crippen LogP contribution in [0.1, 0.15) is 6.42 Å². The third kappa shape index (κ3) is 2.63. The Morgan fingerprint density at radius 1 is 1.50 bits per heavy atom. The highest BCUT2D eigenvalue weighted by molar-refractivity contribution is 7.99. The van der Waals surface area contributed by atoms with Crippen molar-refractivity contribution in [2.24, 2.45) is 0 Å². The SMILES string of the molecule is O=[N+]([O-])c1cc(F)cc(NC2CCSC2)c1. The molecule has 0 spiro atoms. The minimum atomic E-state index is -0.586. The molecule has 1 unspecified atom stereocenters. The number of benzene rings is 1. The summed E-state index contributed by atoms with van der Waals surface area (Å²) in [5, 5.41) is 13.7. The van der Waals surface area contributed by atoms with Gasteiger partial charge in [0.05, 0.1) is 11.0 Å². The normalized spacial score (nSPS) is 19.7. The van der Waals surface area contributed by atoms with E-state index in [1.807, 2.05) is 11.8 Å². The summed E-state index contributed by atoms with van der Waals surface area (Å²) in [6.07, 6.45) is 1.01. The number of nitro benzene ring substituents is 1. The molecule has 6 heteroatoms. The van der Waals surface area contributed by atoms with E-state index < -0.39 is 10.7 Å². The predicted octanol–water partition coefficient (Wildman–Crippen LogP) is 2.65. The average molecular weight is 242 g/mol. The number of anilines is 1. The van der Waals surface area contributed by atoms with Crippen LogP contribution in [0.3, 0.4) is 0 Å². The first kappa shape index (κ1) is 11.2. The molecule has 0 aromatic heterocycles. The quantitative estimate of drug-likeness (QED) is 0.654. The third-order valence-electron chi connectivity index (χ3n) is 2.39. The summed E-state index contributed by atoms with van der Waals surface area (Å²) >= 11 is 1.83. The molecule has 0 bridgehead atoms. The lowest BCUT2D eigenvalue weighted by molar-refractivity contribution is -0.385. The predicted molar refractivity (Wildman–Crippen MR) is 62.4 cm³/mol. The molecule has 1 aliphatic rings. The van der Waals surface area contributed by atoms with Gasteiger partial charge in [0.15, 0.2) is 0 Å². The first-order valence-corrected chi connectivity index (χ1v) is 6.10. The van der Waals surface area contributed by atoms with Crippen LogP contribution in [-0.4, -0.2) is 22.5 Å². The van der Waals surface area contributed by atoms with Crippen molar-refractivity contribution in [3.8, 4) is 0 Å². The molecular formula is C10H11FN2O2S. The van der Waals surface area contributed by atoms with Gasteiger partial charge in [-0.3, -0.25) is 10.1 Å². The monoisotopic (exact) mass is 242 g/mol. The molecular weight excluding hydrogens is 231 g/mol. The van der Waals surface area contributed by atoms with Crippen molar-refractivity contribution < 1.29 is 9.31 Å². The van der Waals surface area contributed by atoms with Crippen molar-refractivity contribution in [2.75, 3.05) is 16.8 Å². The van der Waals surface area contributed by atoms with Gasteiger partial charge >= 0.3 is 0 Å². The lowest BCUT2D eigenvalue weighted by atomic mass is 10.2. The van der Waals surface area contributed by atoms with Crippen LogP contribution in [0.15, 0.2) is 18.2 Å². The van der Waals surface area contributed by atoms with Gasteiger partial charge in [0.2, 0.25) is 0 Å². The maximum Gasteiger partial charge on any atom is 0.274 e. The largest absolute Gasteiger partial charge is 0.381 e. The molecule has 1 saturated heterocycles. The molecule has 2 rings (SSSR count). The van der Waals surface area contributed by atoms with Gasteiger partial charge in [-0.25, -0.2) is 4.39 Å². The van der Waals surface area contributed by atoms with Crippen molar-refractivity contribution in [1.82, 2.24) is 0 Å². The highest BCUT2D eigenvalue weighted by Gasteiger charge is 2.17. The van der Waals surface area contributed by atoms with Crippen LogP contribution in [0.4, 0.5) is 15.8 Å². The van der Waals surface area contributed by atoms with Gasteiger partial charge in [-0.15, -0.1) is 0 Å². The van der Waals surface area contributed by atoms with Gasteiger partial charge in [-0.1, -0.05) is 0 Å². The second-order valence-corrected chi connectivity index (χ2v) is 4.81. The van der Waals surface area contributed by atoms with Gasteiger partial charge in [-0.05, 0) is 18.2 Å². The Morgan fingerprint density at radius 2 is 2.31 bits per heavy atom. The first-order valence-electron chi connectivity index (χ1n) is 4.94. The number of nitrogens with zero attached hydrogens (tertiary/aromatic N) is 1. The molecule has 4 nitrogen and oxygen atoms in total. The van der Waals surface area contributed by atoms with Gasteiger partial charge in [0, 0.05) is 23.5 Å². The van der Waals surface area contributed by atoms with Crippen LogP contribution < -0.4 is 5.32 Å². The summed E-state index contributed by atoms with van der Waals surface area (Å²) in [6.45, 7) is 0. The fraction of sp³-hybridized carbons (Fsp3) is 0.400. The smallest absolute Gasteiger partial charge is 0.274 e. The minimum Gasteiger partial charge on any atom is -0.381 e. The van der Waals surface area contributed by atoms with Gasteiger partial charge in [0.25, 0.3) is 5.69 Å². The van der Waals surface area contributed by atoms with Crippen molar-refractivity contribution in [1.29, 1.82) is 0 Å². The molecule has 16 heavy (non-hydrogen) atoms. The van der Waals surface area contributed by atoms with Crippen LogP contribution in [0.5, 0.6) is 0 Å². The minimum absolute atomic E-state index is 0.215. The zero-order chi connectivity index (χ0) is 11.5. The molecule has 1 fully saturated rings. The molecule has 86 valence electrons. The molecule has 0 saturated carbocycles. The molecule has 0 radical (unpaired) electrons.